The molecular weight excluding hydrogens is 108 g/mol. The highest BCUT2D eigenvalue weighted by Gasteiger charge is 1.54. The normalized spacial score (nSPS) is 4.71. The van der Waals surface area contributed by atoms with Crippen LogP contribution in [-0.2, 0) is 0 Å². The van der Waals surface area contributed by atoms with Crippen LogP contribution in [0.5, 0.6) is 0 Å². The number of hydrogen-bond donors (Lipinski definition) is 1. The van der Waals surface area contributed by atoms with Gasteiger partial charge in [0.1, 0.15) is 0 Å². The van der Waals surface area contributed by atoms with E-state index in [0.29, 0.717) is 4.99 Å². The van der Waals surface area contributed by atoms with E-state index in [1.807, 2.05) is 0 Å². The summed E-state index contributed by atoms with van der Waals surface area (Å²) in [6.45, 7) is 3.11. The van der Waals surface area contributed by atoms with Gasteiger partial charge in [-0.1, -0.05) is 12.2 Å². The lowest BCUT2D eigenvalue weighted by molar-refractivity contribution is 1.49. The van der Waals surface area contributed by atoms with Gasteiger partial charge in [0.05, 0.1) is 11.1 Å². The van der Waals surface area contributed by atoms with Gasteiger partial charge in [0, 0.05) is 6.92 Å². The third-order valence-corrected chi connectivity index (χ3v) is 0. The van der Waals surface area contributed by atoms with E-state index in [9.17, 15) is 0 Å². The summed E-state index contributed by atoms with van der Waals surface area (Å²) in [5.74, 6) is 0. The average Bonchev–Trinajstić information content (AvgIpc) is 1.33. The van der Waals surface area contributed by atoms with Crippen molar-refractivity contribution >= 4 is 17.2 Å². The molecule has 0 amide bonds. The molecule has 0 unspecified atom stereocenters. The third-order valence-electron chi connectivity index (χ3n) is 0. The molecule has 0 aliphatic rings. The zero-order valence-corrected chi connectivity index (χ0v) is 5.25. The van der Waals surface area contributed by atoms with Gasteiger partial charge in [0.25, 0.3) is 0 Å². The molecule has 0 aliphatic heterocycles. The van der Waals surface area contributed by atoms with Crippen LogP contribution in [0.4, 0.5) is 0 Å². The monoisotopic (exact) mass is 116 g/mol. The Kier molecular flexibility index (Phi) is 12.4. The van der Waals surface area contributed by atoms with Crippen molar-refractivity contribution in [2.75, 3.05) is 0 Å². The molecule has 0 atom stereocenters. The van der Waals surface area contributed by atoms with Crippen LogP contribution < -0.4 is 5.73 Å². The second kappa shape index (κ2) is 9.03. The number of rotatable bonds is 0. The van der Waals surface area contributed by atoms with Crippen molar-refractivity contribution in [3.63, 3.8) is 0 Å². The minimum Gasteiger partial charge on any atom is -0.394 e. The van der Waals surface area contributed by atoms with E-state index < -0.39 is 0 Å². The summed E-state index contributed by atoms with van der Waals surface area (Å²) in [6, 6.07) is 1.75. The van der Waals surface area contributed by atoms with E-state index in [0.717, 1.165) is 0 Å². The average molecular weight is 116 g/mol. The SMILES string of the molecule is CC#N.CC(N)=S. The van der Waals surface area contributed by atoms with Crippen molar-refractivity contribution in [1.82, 2.24) is 0 Å². The minimum atomic E-state index is 0.500. The first kappa shape index (κ1) is 9.63. The summed E-state index contributed by atoms with van der Waals surface area (Å²) in [5.41, 5.74) is 4.84. The molecule has 0 aromatic rings. The van der Waals surface area contributed by atoms with Gasteiger partial charge in [-0.2, -0.15) is 5.26 Å². The first-order chi connectivity index (χ1) is 3.15. The van der Waals surface area contributed by atoms with Crippen LogP contribution in [0, 0.1) is 11.3 Å². The van der Waals surface area contributed by atoms with Crippen molar-refractivity contribution in [2.24, 2.45) is 5.73 Å². The van der Waals surface area contributed by atoms with Gasteiger partial charge in [0.2, 0.25) is 0 Å². The Morgan fingerprint density at radius 2 is 1.86 bits per heavy atom. The Morgan fingerprint density at radius 1 is 1.86 bits per heavy atom. The molecule has 0 bridgehead atoms. The Balaban J connectivity index is 0. The summed E-state index contributed by atoms with van der Waals surface area (Å²) in [5, 5.41) is 7.32. The number of nitrogens with two attached hydrogens (primary N) is 1. The molecular formula is C4H8N2S. The van der Waals surface area contributed by atoms with Crippen molar-refractivity contribution in [3.8, 4) is 6.07 Å². The molecule has 2 N–H and O–H groups in total. The maximum absolute atomic E-state index is 7.32. The lowest BCUT2D eigenvalue weighted by Crippen LogP contribution is -1.98. The summed E-state index contributed by atoms with van der Waals surface area (Å²) < 4.78 is 0. The van der Waals surface area contributed by atoms with Crippen LogP contribution in [0.1, 0.15) is 13.8 Å². The third kappa shape index (κ3) is 160. The molecule has 0 radical (unpaired) electrons. The summed E-state index contributed by atoms with van der Waals surface area (Å²) in [7, 11) is 0. The second-order valence-corrected chi connectivity index (χ2v) is 1.48. The first-order valence-corrected chi connectivity index (χ1v) is 2.12. The van der Waals surface area contributed by atoms with Gasteiger partial charge in [-0.25, -0.2) is 0 Å². The van der Waals surface area contributed by atoms with E-state index in [4.69, 9.17) is 11.0 Å². The van der Waals surface area contributed by atoms with Crippen LogP contribution in [-0.4, -0.2) is 4.99 Å². The van der Waals surface area contributed by atoms with Gasteiger partial charge in [-0.3, -0.25) is 0 Å². The Bertz CT molecular complexity index is 78.2. The molecule has 3 heteroatoms. The fourth-order valence-electron chi connectivity index (χ4n) is 0. The van der Waals surface area contributed by atoms with E-state index >= 15 is 0 Å². The summed E-state index contributed by atoms with van der Waals surface area (Å²) >= 11 is 4.31. The van der Waals surface area contributed by atoms with Gasteiger partial charge in [0.15, 0.2) is 0 Å². The summed E-state index contributed by atoms with van der Waals surface area (Å²) in [6.07, 6.45) is 0. The van der Waals surface area contributed by atoms with Crippen LogP contribution in [0.3, 0.4) is 0 Å². The molecule has 0 aromatic carbocycles. The lowest BCUT2D eigenvalue weighted by atomic mass is 10.8. The molecule has 0 heterocycles. The smallest absolute Gasteiger partial charge is 0.0695 e. The fraction of sp³-hybridized carbons (Fsp3) is 0.500. The van der Waals surface area contributed by atoms with E-state index in [1.54, 1.807) is 13.0 Å². The van der Waals surface area contributed by atoms with Gasteiger partial charge < -0.3 is 5.73 Å². The van der Waals surface area contributed by atoms with Crippen molar-refractivity contribution in [3.05, 3.63) is 0 Å². The van der Waals surface area contributed by atoms with Gasteiger partial charge >= 0.3 is 0 Å². The van der Waals surface area contributed by atoms with Crippen LogP contribution in [0.2, 0.25) is 0 Å². The standard InChI is InChI=1S/C2H5NS.C2H3N/c1-2(3)4;1-2-3/h1H3,(H2,3,4);1H3. The molecule has 0 aliphatic carbocycles. The maximum Gasteiger partial charge on any atom is 0.0695 e. The molecule has 0 aromatic heterocycles. The van der Waals surface area contributed by atoms with E-state index in [1.165, 1.54) is 6.92 Å². The predicted molar refractivity (Wildman–Crippen MR) is 33.7 cm³/mol. The molecule has 40 valence electrons. The van der Waals surface area contributed by atoms with Crippen LogP contribution >= 0.6 is 12.2 Å². The summed E-state index contributed by atoms with van der Waals surface area (Å²) in [4.78, 5) is 0.500. The largest absolute Gasteiger partial charge is 0.394 e. The second-order valence-electron chi connectivity index (χ2n) is 0.834. The van der Waals surface area contributed by atoms with Crippen LogP contribution in [0.15, 0.2) is 0 Å². The molecule has 7 heavy (non-hydrogen) atoms. The zero-order chi connectivity index (χ0) is 6.28. The fourth-order valence-corrected chi connectivity index (χ4v) is 0. The predicted octanol–water partition coefficient (Wildman–Crippen LogP) is 0.822. The number of thiocarbonyl (C=S) groups is 1. The number of nitrogens with zero attached hydrogens (tertiary/aromatic N) is 1. The number of nitriles is 1. The Morgan fingerprint density at radius 3 is 1.86 bits per heavy atom. The molecule has 0 fully saturated rings. The highest BCUT2D eigenvalue weighted by molar-refractivity contribution is 7.80. The minimum absolute atomic E-state index is 0.500. The van der Waals surface area contributed by atoms with E-state index in [-0.39, 0.29) is 0 Å². The number of hydrogen-bond acceptors (Lipinski definition) is 2. The van der Waals surface area contributed by atoms with Gasteiger partial charge in [-0.05, 0) is 6.92 Å². The lowest BCUT2D eigenvalue weighted by Gasteiger charge is -1.65. The van der Waals surface area contributed by atoms with Crippen molar-refractivity contribution in [1.29, 1.82) is 5.26 Å². The molecule has 2 nitrogen and oxygen atoms in total. The zero-order valence-electron chi connectivity index (χ0n) is 4.43. The Hall–Kier alpha value is -0.620. The highest BCUT2D eigenvalue weighted by Crippen LogP contribution is 1.48. The highest BCUT2D eigenvalue weighted by atomic mass is 32.1. The van der Waals surface area contributed by atoms with Crippen LogP contribution in [0.25, 0.3) is 0 Å². The van der Waals surface area contributed by atoms with Crippen molar-refractivity contribution in [2.45, 2.75) is 13.8 Å². The van der Waals surface area contributed by atoms with Crippen molar-refractivity contribution < 1.29 is 0 Å². The quantitative estimate of drug-likeness (QED) is 0.477. The van der Waals surface area contributed by atoms with Gasteiger partial charge in [-0.15, -0.1) is 0 Å². The molecule has 0 spiro atoms. The topological polar surface area (TPSA) is 49.8 Å². The molecule has 0 saturated heterocycles. The molecule has 0 saturated carbocycles. The molecule has 0 rings (SSSR count). The van der Waals surface area contributed by atoms with E-state index in [2.05, 4.69) is 12.2 Å². The first-order valence-electron chi connectivity index (χ1n) is 1.72. The maximum atomic E-state index is 7.32. The Labute approximate surface area is 48.9 Å².